The molecule has 0 aromatic rings. The smallest absolute Gasteiger partial charge is 0.491 e. The topological polar surface area (TPSA) is 64.7 Å². The first-order chi connectivity index (χ1) is 4.16. The first kappa shape index (κ1) is 7.87. The molecule has 1 amide bonds. The average Bonchev–Trinajstić information content (AvgIpc) is 1.63. The number of carbonyl (C=O) groups is 1. The molecule has 0 radical (unpaired) electrons. The Hall–Kier alpha value is -1.13. The molecule has 0 aromatic heterocycles. The molecule has 0 N–H and O–H groups in total. The van der Waals surface area contributed by atoms with E-state index in [0.717, 1.165) is 7.05 Å². The molecule has 0 aliphatic heterocycles. The number of nitrogens with zero attached hydrogens (tertiary/aromatic N) is 2. The number of rotatable bonds is 1. The first-order valence-electron chi connectivity index (χ1n) is 2.46. The van der Waals surface area contributed by atoms with Gasteiger partial charge in [0.05, 0.1) is 11.7 Å². The molecule has 5 nitrogen and oxygen atoms in total. The van der Waals surface area contributed by atoms with E-state index in [1.54, 1.807) is 6.92 Å². The van der Waals surface area contributed by atoms with E-state index in [0.29, 0.717) is 0 Å². The van der Waals surface area contributed by atoms with E-state index in [2.05, 4.69) is 9.85 Å². The largest absolute Gasteiger partial charge is 0.600 e. The van der Waals surface area contributed by atoms with Crippen molar-refractivity contribution in [2.45, 2.75) is 6.92 Å². The van der Waals surface area contributed by atoms with E-state index in [1.165, 1.54) is 0 Å². The molecule has 0 heterocycles. The van der Waals surface area contributed by atoms with Crippen LogP contribution in [0.5, 0.6) is 0 Å². The highest BCUT2D eigenvalue weighted by molar-refractivity contribution is 5.66. The van der Waals surface area contributed by atoms with Gasteiger partial charge in [0, 0.05) is 0 Å². The normalized spacial score (nSPS) is 11.1. The molecule has 0 aliphatic rings. The Bertz CT molecular complexity index is 128. The zero-order chi connectivity index (χ0) is 7.28. The van der Waals surface area contributed by atoms with Crippen molar-refractivity contribution in [3.05, 3.63) is 5.21 Å². The maximum Gasteiger partial charge on any atom is 0.491 e. The van der Waals surface area contributed by atoms with E-state index in [9.17, 15) is 10.0 Å². The third-order valence-electron chi connectivity index (χ3n) is 0.490. The van der Waals surface area contributed by atoms with Crippen LogP contribution in [0.3, 0.4) is 0 Å². The van der Waals surface area contributed by atoms with Gasteiger partial charge >= 0.3 is 6.09 Å². The molecule has 0 aliphatic carbocycles. The molecule has 9 heavy (non-hydrogen) atoms. The van der Waals surface area contributed by atoms with Gasteiger partial charge in [0.1, 0.15) is 0 Å². The van der Waals surface area contributed by atoms with Crippen molar-refractivity contribution >= 4 is 6.09 Å². The summed E-state index contributed by atoms with van der Waals surface area (Å²) in [4.78, 5) is 10.4. The van der Waals surface area contributed by atoms with Crippen LogP contribution in [-0.2, 0) is 4.74 Å². The van der Waals surface area contributed by atoms with Crippen LogP contribution in [0, 0.1) is 5.21 Å². The molecule has 0 rings (SSSR count). The van der Waals surface area contributed by atoms with Gasteiger partial charge in [0.2, 0.25) is 0 Å². The van der Waals surface area contributed by atoms with Crippen LogP contribution in [-0.4, -0.2) is 24.6 Å². The highest BCUT2D eigenvalue weighted by Crippen LogP contribution is 1.81. The Morgan fingerprint density at radius 3 is 2.78 bits per heavy atom. The molecule has 0 saturated heterocycles. The third kappa shape index (κ3) is 4.73. The summed E-state index contributed by atoms with van der Waals surface area (Å²) < 4.78 is 4.31. The van der Waals surface area contributed by atoms with Crippen LogP contribution in [0.2, 0.25) is 0 Å². The van der Waals surface area contributed by atoms with Crippen LogP contribution in [0.4, 0.5) is 4.79 Å². The highest BCUT2D eigenvalue weighted by Gasteiger charge is 1.99. The summed E-state index contributed by atoms with van der Waals surface area (Å²) in [6.45, 7) is 1.87. The van der Waals surface area contributed by atoms with Crippen LogP contribution in [0.1, 0.15) is 6.92 Å². The van der Waals surface area contributed by atoms with Gasteiger partial charge in [0.25, 0.3) is 0 Å². The van der Waals surface area contributed by atoms with Gasteiger partial charge in [-0.25, -0.2) is 4.79 Å². The zero-order valence-corrected chi connectivity index (χ0v) is 5.33. The summed E-state index contributed by atoms with van der Waals surface area (Å²) in [6, 6.07) is 0. The van der Waals surface area contributed by atoms with Gasteiger partial charge in [-0.1, -0.05) is 4.86 Å². The van der Waals surface area contributed by atoms with Gasteiger partial charge in [-0.3, -0.25) is 0 Å². The Morgan fingerprint density at radius 2 is 2.44 bits per heavy atom. The SMILES string of the molecule is CCOC(=O)/N=[N+](/C)[O-]. The van der Waals surface area contributed by atoms with Crippen molar-refractivity contribution in [1.29, 1.82) is 0 Å². The molecule has 52 valence electrons. The predicted molar refractivity (Wildman–Crippen MR) is 29.0 cm³/mol. The maximum absolute atomic E-state index is 10.2. The minimum atomic E-state index is -0.852. The molecular formula is C4H8N2O3. The molecule has 0 unspecified atom stereocenters. The van der Waals surface area contributed by atoms with Gasteiger partial charge < -0.3 is 9.94 Å². The van der Waals surface area contributed by atoms with Crippen LogP contribution < -0.4 is 0 Å². The molecule has 0 saturated carbocycles. The fourth-order valence-electron chi connectivity index (χ4n) is 0.267. The maximum atomic E-state index is 10.2. The Morgan fingerprint density at radius 1 is 1.89 bits per heavy atom. The molecule has 0 fully saturated rings. The fourth-order valence-corrected chi connectivity index (χ4v) is 0.267. The second kappa shape index (κ2) is 3.82. The summed E-state index contributed by atoms with van der Waals surface area (Å²) in [7, 11) is 1.11. The molecule has 0 spiro atoms. The van der Waals surface area contributed by atoms with Gasteiger partial charge in [-0.05, 0) is 6.92 Å². The van der Waals surface area contributed by atoms with E-state index >= 15 is 0 Å². The second-order valence-corrected chi connectivity index (χ2v) is 1.26. The minimum Gasteiger partial charge on any atom is -0.600 e. The van der Waals surface area contributed by atoms with E-state index in [4.69, 9.17) is 0 Å². The first-order valence-corrected chi connectivity index (χ1v) is 2.46. The minimum absolute atomic E-state index is 0.151. The number of ether oxygens (including phenoxy) is 1. The summed E-state index contributed by atoms with van der Waals surface area (Å²) in [5, 5.41) is 12.9. The van der Waals surface area contributed by atoms with Crippen LogP contribution in [0.15, 0.2) is 5.11 Å². The number of hydroxylamine groups is 1. The van der Waals surface area contributed by atoms with Gasteiger partial charge in [-0.15, -0.1) is 0 Å². The van der Waals surface area contributed by atoms with Crippen molar-refractivity contribution < 1.29 is 14.4 Å². The predicted octanol–water partition coefficient (Wildman–Crippen LogP) is 0.735. The Balaban J connectivity index is 3.63. The molecule has 0 atom stereocenters. The lowest BCUT2D eigenvalue weighted by Gasteiger charge is -1.92. The van der Waals surface area contributed by atoms with E-state index < -0.39 is 6.09 Å². The van der Waals surface area contributed by atoms with Crippen molar-refractivity contribution in [1.82, 2.24) is 0 Å². The lowest BCUT2D eigenvalue weighted by atomic mass is 10.9. The van der Waals surface area contributed by atoms with Crippen LogP contribution in [0.25, 0.3) is 0 Å². The number of carbonyl (C=O) groups excluding carboxylic acids is 1. The molecule has 5 heteroatoms. The zero-order valence-electron chi connectivity index (χ0n) is 5.33. The summed E-state index contributed by atoms with van der Waals surface area (Å²) in [6.07, 6.45) is -0.852. The second-order valence-electron chi connectivity index (χ2n) is 1.26. The summed E-state index contributed by atoms with van der Waals surface area (Å²) in [5.74, 6) is 0. The number of amides is 1. The molecular weight excluding hydrogens is 124 g/mol. The van der Waals surface area contributed by atoms with Gasteiger partial charge in [-0.2, -0.15) is 0 Å². The van der Waals surface area contributed by atoms with Crippen LogP contribution >= 0.6 is 0 Å². The Labute approximate surface area is 52.5 Å². The van der Waals surface area contributed by atoms with Crippen molar-refractivity contribution in [2.75, 3.05) is 13.7 Å². The van der Waals surface area contributed by atoms with Crippen molar-refractivity contribution in [3.8, 4) is 0 Å². The molecule has 0 aromatic carbocycles. The Kier molecular flexibility index (Phi) is 3.34. The molecule has 0 bridgehead atoms. The summed E-state index contributed by atoms with van der Waals surface area (Å²) >= 11 is 0. The van der Waals surface area contributed by atoms with Crippen molar-refractivity contribution in [3.63, 3.8) is 0 Å². The number of hydrogen-bond acceptors (Lipinski definition) is 3. The number of hydrogen-bond donors (Lipinski definition) is 0. The van der Waals surface area contributed by atoms with E-state index in [-0.39, 0.29) is 11.5 Å². The number of azo groups is 1. The monoisotopic (exact) mass is 132 g/mol. The lowest BCUT2D eigenvalue weighted by molar-refractivity contribution is -0.493. The van der Waals surface area contributed by atoms with Crippen molar-refractivity contribution in [2.24, 2.45) is 5.11 Å². The highest BCUT2D eigenvalue weighted by atomic mass is 16.6. The third-order valence-corrected chi connectivity index (χ3v) is 0.490. The summed E-state index contributed by atoms with van der Waals surface area (Å²) in [5.41, 5.74) is 0. The lowest BCUT2D eigenvalue weighted by Crippen LogP contribution is -2.01. The average molecular weight is 132 g/mol. The quantitative estimate of drug-likeness (QED) is 0.300. The fraction of sp³-hybridized carbons (Fsp3) is 0.750. The van der Waals surface area contributed by atoms with E-state index in [1.807, 2.05) is 0 Å². The van der Waals surface area contributed by atoms with Gasteiger partial charge in [0.15, 0.2) is 7.05 Å². The standard InChI is InChI=1S/C4H8N2O3/c1-3-9-4(7)5-6(2)8/h3H2,1-2H3/b6-5-.